The molecule has 2 rings (SSSR count). The van der Waals surface area contributed by atoms with E-state index in [2.05, 4.69) is 10.6 Å². The van der Waals surface area contributed by atoms with Crippen LogP contribution in [-0.2, 0) is 16.1 Å². The van der Waals surface area contributed by atoms with Crippen LogP contribution in [0.5, 0.6) is 5.75 Å². The van der Waals surface area contributed by atoms with E-state index in [1.165, 1.54) is 6.07 Å². The third-order valence-electron chi connectivity index (χ3n) is 3.08. The maximum atomic E-state index is 11.8. The minimum atomic E-state index is -0.778. The molecular weight excluding hydrogens is 318 g/mol. The molecule has 6 nitrogen and oxygen atoms in total. The maximum absolute atomic E-state index is 11.8. The fourth-order valence-corrected chi connectivity index (χ4v) is 1.98. The largest absolute Gasteiger partial charge is 0.497 e. The molecule has 0 bridgehead atoms. The molecule has 0 fully saturated rings. The summed E-state index contributed by atoms with van der Waals surface area (Å²) in [5.41, 5.74) is 7.22. The second-order valence-electron chi connectivity index (χ2n) is 4.72. The lowest BCUT2D eigenvalue weighted by Gasteiger charge is -2.08. The average molecular weight is 334 g/mol. The number of nitrogens with one attached hydrogen (secondary N) is 2. The molecule has 0 spiro atoms. The first-order valence-electron chi connectivity index (χ1n) is 6.76. The van der Waals surface area contributed by atoms with Gasteiger partial charge in [-0.3, -0.25) is 9.59 Å². The molecule has 0 atom stereocenters. The lowest BCUT2D eigenvalue weighted by Crippen LogP contribution is -2.34. The number of methoxy groups -OCH3 is 1. The number of rotatable bonds is 4. The van der Waals surface area contributed by atoms with Crippen molar-refractivity contribution in [1.29, 1.82) is 0 Å². The van der Waals surface area contributed by atoms with Crippen LogP contribution in [0.3, 0.4) is 0 Å². The molecule has 0 radical (unpaired) electrons. The number of hydrogen-bond acceptors (Lipinski definition) is 4. The highest BCUT2D eigenvalue weighted by Crippen LogP contribution is 2.22. The molecule has 23 heavy (non-hydrogen) atoms. The van der Waals surface area contributed by atoms with Crippen LogP contribution in [0.1, 0.15) is 5.56 Å². The van der Waals surface area contributed by atoms with Crippen LogP contribution in [0.15, 0.2) is 42.5 Å². The van der Waals surface area contributed by atoms with E-state index in [9.17, 15) is 9.59 Å². The number of halogens is 1. The van der Waals surface area contributed by atoms with E-state index < -0.39 is 11.8 Å². The first-order valence-corrected chi connectivity index (χ1v) is 7.14. The van der Waals surface area contributed by atoms with Crippen molar-refractivity contribution in [2.45, 2.75) is 6.54 Å². The van der Waals surface area contributed by atoms with Crippen LogP contribution in [0, 0.1) is 0 Å². The highest BCUT2D eigenvalue weighted by molar-refractivity contribution is 6.40. The van der Waals surface area contributed by atoms with Gasteiger partial charge in [-0.1, -0.05) is 23.7 Å². The number of carbonyl (C=O) groups is 2. The minimum absolute atomic E-state index is 0.235. The Kier molecular flexibility index (Phi) is 5.43. The Morgan fingerprint density at radius 3 is 2.43 bits per heavy atom. The second kappa shape index (κ2) is 7.51. The molecule has 4 N–H and O–H groups in total. The number of hydrogen-bond donors (Lipinski definition) is 3. The van der Waals surface area contributed by atoms with Crippen molar-refractivity contribution in [1.82, 2.24) is 5.32 Å². The summed E-state index contributed by atoms with van der Waals surface area (Å²) in [7, 11) is 1.57. The zero-order valence-electron chi connectivity index (χ0n) is 12.4. The maximum Gasteiger partial charge on any atom is 0.313 e. The van der Waals surface area contributed by atoms with Gasteiger partial charge in [0, 0.05) is 12.2 Å². The summed E-state index contributed by atoms with van der Waals surface area (Å²) >= 11 is 5.86. The van der Waals surface area contributed by atoms with Crippen LogP contribution in [0.25, 0.3) is 0 Å². The molecule has 2 amide bonds. The van der Waals surface area contributed by atoms with E-state index in [0.29, 0.717) is 16.4 Å². The van der Waals surface area contributed by atoms with Gasteiger partial charge in [0.2, 0.25) is 0 Å². The first kappa shape index (κ1) is 16.6. The van der Waals surface area contributed by atoms with E-state index >= 15 is 0 Å². The molecule has 2 aromatic carbocycles. The molecule has 0 heterocycles. The van der Waals surface area contributed by atoms with Gasteiger partial charge in [0.05, 0.1) is 17.8 Å². The van der Waals surface area contributed by atoms with Gasteiger partial charge >= 0.3 is 11.8 Å². The Morgan fingerprint density at radius 2 is 1.83 bits per heavy atom. The van der Waals surface area contributed by atoms with Crippen LogP contribution < -0.4 is 21.1 Å². The van der Waals surface area contributed by atoms with E-state index in [-0.39, 0.29) is 6.54 Å². The second-order valence-corrected chi connectivity index (χ2v) is 5.13. The highest BCUT2D eigenvalue weighted by atomic mass is 35.5. The number of nitrogens with two attached hydrogens (primary N) is 1. The fourth-order valence-electron chi connectivity index (χ4n) is 1.80. The van der Waals surface area contributed by atoms with E-state index in [0.717, 1.165) is 11.3 Å². The molecule has 0 saturated heterocycles. The van der Waals surface area contributed by atoms with Crippen molar-refractivity contribution in [2.75, 3.05) is 18.2 Å². The molecular formula is C16H16ClN3O3. The summed E-state index contributed by atoms with van der Waals surface area (Å²) in [5.74, 6) is -0.800. The van der Waals surface area contributed by atoms with Crippen molar-refractivity contribution in [3.05, 3.63) is 53.1 Å². The normalized spacial score (nSPS) is 10.0. The lowest BCUT2D eigenvalue weighted by molar-refractivity contribution is -0.136. The summed E-state index contributed by atoms with van der Waals surface area (Å²) in [6, 6.07) is 11.7. The molecule has 120 valence electrons. The Hall–Kier alpha value is -2.73. The zero-order valence-corrected chi connectivity index (χ0v) is 13.2. The number of nitrogen functional groups attached to an aromatic ring is 1. The molecule has 0 aliphatic carbocycles. The molecule has 7 heteroatoms. The van der Waals surface area contributed by atoms with Crippen molar-refractivity contribution in [3.63, 3.8) is 0 Å². The van der Waals surface area contributed by atoms with Gasteiger partial charge in [0.25, 0.3) is 0 Å². The first-order chi connectivity index (χ1) is 11.0. The molecule has 0 aliphatic heterocycles. The Morgan fingerprint density at radius 1 is 1.13 bits per heavy atom. The predicted octanol–water partition coefficient (Wildman–Crippen LogP) is 2.19. The van der Waals surface area contributed by atoms with Crippen molar-refractivity contribution < 1.29 is 14.3 Å². The predicted molar refractivity (Wildman–Crippen MR) is 89.3 cm³/mol. The van der Waals surface area contributed by atoms with Gasteiger partial charge in [0.1, 0.15) is 5.75 Å². The molecule has 2 aromatic rings. The van der Waals surface area contributed by atoms with Crippen molar-refractivity contribution >= 4 is 34.8 Å². The highest BCUT2D eigenvalue weighted by Gasteiger charge is 2.13. The molecule has 0 unspecified atom stereocenters. The molecule has 0 aliphatic rings. The molecule has 0 saturated carbocycles. The molecule has 0 aromatic heterocycles. The number of ether oxygens (including phenoxy) is 1. The van der Waals surface area contributed by atoms with Crippen LogP contribution in [-0.4, -0.2) is 18.9 Å². The summed E-state index contributed by atoms with van der Waals surface area (Å²) < 4.78 is 5.05. The third-order valence-corrected chi connectivity index (χ3v) is 3.40. The third kappa shape index (κ3) is 4.62. The van der Waals surface area contributed by atoms with Gasteiger partial charge in [0.15, 0.2) is 0 Å². The monoisotopic (exact) mass is 333 g/mol. The standard InChI is InChI=1S/C16H16ClN3O3/c1-23-12-5-2-10(3-6-12)9-19-15(21)16(22)20-11-4-7-14(18)13(17)8-11/h2-8H,9,18H2,1H3,(H,19,21)(H,20,22). The van der Waals surface area contributed by atoms with Crippen LogP contribution in [0.4, 0.5) is 11.4 Å². The van der Waals surface area contributed by atoms with Crippen LogP contribution in [0.2, 0.25) is 5.02 Å². The summed E-state index contributed by atoms with van der Waals surface area (Å²) in [6.07, 6.45) is 0. The summed E-state index contributed by atoms with van der Waals surface area (Å²) in [6.45, 7) is 0.235. The lowest BCUT2D eigenvalue weighted by atomic mass is 10.2. The average Bonchev–Trinajstić information content (AvgIpc) is 2.56. The summed E-state index contributed by atoms with van der Waals surface area (Å²) in [5, 5.41) is 5.29. The Balaban J connectivity index is 1.89. The van der Waals surface area contributed by atoms with Crippen molar-refractivity contribution in [2.24, 2.45) is 0 Å². The fraction of sp³-hybridized carbons (Fsp3) is 0.125. The number of amides is 2. The number of benzene rings is 2. The van der Waals surface area contributed by atoms with Gasteiger partial charge in [-0.05, 0) is 35.9 Å². The van der Waals surface area contributed by atoms with Gasteiger partial charge in [-0.2, -0.15) is 0 Å². The van der Waals surface area contributed by atoms with Gasteiger partial charge in [-0.25, -0.2) is 0 Å². The van der Waals surface area contributed by atoms with Gasteiger partial charge < -0.3 is 21.1 Å². The number of anilines is 2. The van der Waals surface area contributed by atoms with Crippen molar-refractivity contribution in [3.8, 4) is 5.75 Å². The quantitative estimate of drug-likeness (QED) is 0.590. The van der Waals surface area contributed by atoms with Gasteiger partial charge in [-0.15, -0.1) is 0 Å². The Labute approximate surface area is 138 Å². The SMILES string of the molecule is COc1ccc(CNC(=O)C(=O)Nc2ccc(N)c(Cl)c2)cc1. The summed E-state index contributed by atoms with van der Waals surface area (Å²) in [4.78, 5) is 23.6. The Bertz CT molecular complexity index is 717. The topological polar surface area (TPSA) is 93.4 Å². The zero-order chi connectivity index (χ0) is 16.8. The smallest absolute Gasteiger partial charge is 0.313 e. The number of carbonyl (C=O) groups excluding carboxylic acids is 2. The van der Waals surface area contributed by atoms with Crippen LogP contribution >= 0.6 is 11.6 Å². The van der Waals surface area contributed by atoms with E-state index in [1.54, 1.807) is 43.5 Å². The van der Waals surface area contributed by atoms with E-state index in [4.69, 9.17) is 22.1 Å². The minimum Gasteiger partial charge on any atom is -0.497 e. The van der Waals surface area contributed by atoms with E-state index in [1.807, 2.05) is 0 Å².